The predicted octanol–water partition coefficient (Wildman–Crippen LogP) is 1.68. The summed E-state index contributed by atoms with van der Waals surface area (Å²) >= 11 is 0. The highest BCUT2D eigenvalue weighted by Gasteiger charge is 2.29. The molecule has 1 saturated carbocycles. The lowest BCUT2D eigenvalue weighted by atomic mass is 10.3. The normalized spacial score (nSPS) is 14.5. The van der Waals surface area contributed by atoms with Gasteiger partial charge in [-0.15, -0.1) is 0 Å². The molecule has 1 aromatic carbocycles. The van der Waals surface area contributed by atoms with Crippen LogP contribution in [0.5, 0.6) is 5.75 Å². The zero-order valence-electron chi connectivity index (χ0n) is 11.5. The summed E-state index contributed by atoms with van der Waals surface area (Å²) in [5, 5.41) is 11.7. The number of nitrogens with zero attached hydrogens (tertiary/aromatic N) is 1. The van der Waals surface area contributed by atoms with Gasteiger partial charge in [0.2, 0.25) is 5.91 Å². The molecule has 0 atom stereocenters. The number of benzene rings is 1. The minimum Gasteiger partial charge on any atom is -0.435 e. The maximum absolute atomic E-state index is 12.0. The fourth-order valence-corrected chi connectivity index (χ4v) is 2.06. The van der Waals surface area contributed by atoms with Gasteiger partial charge in [0.1, 0.15) is 5.75 Å². The summed E-state index contributed by atoms with van der Waals surface area (Å²) in [6.07, 6.45) is 2.10. The molecule has 0 aromatic heterocycles. The van der Waals surface area contributed by atoms with Crippen LogP contribution in [0.4, 0.5) is 14.5 Å². The molecule has 0 heterocycles. The molecule has 2 N–H and O–H groups in total. The molecule has 0 saturated heterocycles. The second kappa shape index (κ2) is 7.33. The van der Waals surface area contributed by atoms with Crippen LogP contribution in [0, 0.1) is 0 Å². The average Bonchev–Trinajstić information content (AvgIpc) is 3.24. The van der Waals surface area contributed by atoms with Crippen LogP contribution in [-0.2, 0) is 4.79 Å². The van der Waals surface area contributed by atoms with E-state index in [4.69, 9.17) is 5.11 Å². The molecule has 0 spiro atoms. The van der Waals surface area contributed by atoms with E-state index in [0.29, 0.717) is 18.3 Å². The Labute approximate surface area is 121 Å². The second-order valence-corrected chi connectivity index (χ2v) is 4.88. The summed E-state index contributed by atoms with van der Waals surface area (Å²) in [7, 11) is 0. The summed E-state index contributed by atoms with van der Waals surface area (Å²) in [6, 6.07) is 6.12. The Hall–Kier alpha value is -1.73. The van der Waals surface area contributed by atoms with Crippen molar-refractivity contribution >= 4 is 11.6 Å². The second-order valence-electron chi connectivity index (χ2n) is 4.88. The summed E-state index contributed by atoms with van der Waals surface area (Å²) in [6.45, 7) is -2.17. The first-order valence-corrected chi connectivity index (χ1v) is 6.78. The number of carbonyl (C=O) groups is 1. The molecule has 1 aliphatic rings. The van der Waals surface area contributed by atoms with Gasteiger partial charge in [-0.1, -0.05) is 0 Å². The number of alkyl halides is 2. The first kappa shape index (κ1) is 15.7. The number of carbonyl (C=O) groups excluding carboxylic acids is 1. The van der Waals surface area contributed by atoms with E-state index in [0.717, 1.165) is 12.8 Å². The van der Waals surface area contributed by atoms with Crippen LogP contribution in [0.15, 0.2) is 24.3 Å². The number of nitrogens with one attached hydrogen (secondary N) is 1. The third-order valence-electron chi connectivity index (χ3n) is 3.16. The van der Waals surface area contributed by atoms with E-state index >= 15 is 0 Å². The quantitative estimate of drug-likeness (QED) is 0.767. The van der Waals surface area contributed by atoms with Crippen LogP contribution in [-0.4, -0.2) is 48.3 Å². The fraction of sp³-hybridized carbons (Fsp3) is 0.500. The molecule has 0 bridgehead atoms. The van der Waals surface area contributed by atoms with Gasteiger partial charge in [-0.25, -0.2) is 0 Å². The third-order valence-corrected chi connectivity index (χ3v) is 3.16. The number of ether oxygens (including phenoxy) is 1. The molecule has 5 nitrogen and oxygen atoms in total. The summed E-state index contributed by atoms with van der Waals surface area (Å²) in [5.74, 6) is -0.152. The number of amides is 1. The lowest BCUT2D eigenvalue weighted by Gasteiger charge is -2.20. The van der Waals surface area contributed by atoms with Crippen molar-refractivity contribution in [3.8, 4) is 5.75 Å². The van der Waals surface area contributed by atoms with E-state index in [2.05, 4.69) is 10.1 Å². The van der Waals surface area contributed by atoms with Crippen LogP contribution in [0.3, 0.4) is 0 Å². The molecule has 21 heavy (non-hydrogen) atoms. The smallest absolute Gasteiger partial charge is 0.387 e. The van der Waals surface area contributed by atoms with Crippen LogP contribution in [0.25, 0.3) is 0 Å². The number of aliphatic hydroxyl groups excluding tert-OH is 1. The van der Waals surface area contributed by atoms with Crippen molar-refractivity contribution < 1.29 is 23.4 Å². The molecule has 0 radical (unpaired) electrons. The third kappa shape index (κ3) is 5.28. The van der Waals surface area contributed by atoms with Crippen molar-refractivity contribution in [3.05, 3.63) is 24.3 Å². The Morgan fingerprint density at radius 3 is 2.57 bits per heavy atom. The number of hydrogen-bond acceptors (Lipinski definition) is 4. The number of aliphatic hydroxyl groups is 1. The minimum atomic E-state index is -2.86. The standard InChI is InChI=1S/C14H18F2N2O3/c15-14(16)21-12-5-1-10(2-6-12)17-13(20)9-18(7-8-19)11-3-4-11/h1-2,5-6,11,14,19H,3-4,7-9H2,(H,17,20). The van der Waals surface area contributed by atoms with Crippen molar-refractivity contribution in [2.45, 2.75) is 25.5 Å². The van der Waals surface area contributed by atoms with Crippen LogP contribution < -0.4 is 10.1 Å². The molecule has 1 fully saturated rings. The highest BCUT2D eigenvalue weighted by molar-refractivity contribution is 5.92. The van der Waals surface area contributed by atoms with Gasteiger partial charge in [-0.3, -0.25) is 9.69 Å². The SMILES string of the molecule is O=C(CN(CCO)C1CC1)Nc1ccc(OC(F)F)cc1. The van der Waals surface area contributed by atoms with Gasteiger partial charge >= 0.3 is 6.61 Å². The zero-order chi connectivity index (χ0) is 15.2. The van der Waals surface area contributed by atoms with Gasteiger partial charge in [0.05, 0.1) is 13.2 Å². The van der Waals surface area contributed by atoms with E-state index < -0.39 is 6.61 Å². The molecule has 1 amide bonds. The first-order valence-electron chi connectivity index (χ1n) is 6.78. The molecular weight excluding hydrogens is 282 g/mol. The molecule has 116 valence electrons. The van der Waals surface area contributed by atoms with Crippen LogP contribution in [0.2, 0.25) is 0 Å². The van der Waals surface area contributed by atoms with Crippen molar-refractivity contribution in [3.63, 3.8) is 0 Å². The van der Waals surface area contributed by atoms with Crippen molar-refractivity contribution in [1.82, 2.24) is 4.90 Å². The maximum atomic E-state index is 12.0. The molecule has 2 rings (SSSR count). The van der Waals surface area contributed by atoms with Crippen LogP contribution in [0.1, 0.15) is 12.8 Å². The Kier molecular flexibility index (Phi) is 5.46. The largest absolute Gasteiger partial charge is 0.435 e. The number of rotatable bonds is 8. The van der Waals surface area contributed by atoms with E-state index in [-0.39, 0.29) is 24.8 Å². The topological polar surface area (TPSA) is 61.8 Å². The monoisotopic (exact) mass is 300 g/mol. The highest BCUT2D eigenvalue weighted by atomic mass is 19.3. The van der Waals surface area contributed by atoms with E-state index in [9.17, 15) is 13.6 Å². The van der Waals surface area contributed by atoms with Gasteiger partial charge in [-0.05, 0) is 37.1 Å². The number of halogens is 2. The Morgan fingerprint density at radius 2 is 2.05 bits per heavy atom. The average molecular weight is 300 g/mol. The van der Waals surface area contributed by atoms with E-state index in [1.807, 2.05) is 4.90 Å². The lowest BCUT2D eigenvalue weighted by Crippen LogP contribution is -2.36. The maximum Gasteiger partial charge on any atom is 0.387 e. The van der Waals surface area contributed by atoms with Crippen molar-refractivity contribution in [2.75, 3.05) is 25.0 Å². The van der Waals surface area contributed by atoms with Crippen molar-refractivity contribution in [1.29, 1.82) is 0 Å². The zero-order valence-corrected chi connectivity index (χ0v) is 11.5. The molecule has 1 aliphatic carbocycles. The minimum absolute atomic E-state index is 0.0173. The Morgan fingerprint density at radius 1 is 1.38 bits per heavy atom. The Bertz CT molecular complexity index is 464. The van der Waals surface area contributed by atoms with Gasteiger partial charge in [-0.2, -0.15) is 8.78 Å². The van der Waals surface area contributed by atoms with E-state index in [1.165, 1.54) is 24.3 Å². The van der Waals surface area contributed by atoms with Gasteiger partial charge in [0.25, 0.3) is 0 Å². The van der Waals surface area contributed by atoms with Crippen LogP contribution >= 0.6 is 0 Å². The predicted molar refractivity (Wildman–Crippen MR) is 73.4 cm³/mol. The number of hydrogen-bond donors (Lipinski definition) is 2. The number of anilines is 1. The molecular formula is C14H18F2N2O3. The molecule has 1 aromatic rings. The summed E-state index contributed by atoms with van der Waals surface area (Å²) in [5.41, 5.74) is 0.515. The molecule has 0 unspecified atom stereocenters. The fourth-order valence-electron chi connectivity index (χ4n) is 2.06. The molecule has 7 heteroatoms. The lowest BCUT2D eigenvalue weighted by molar-refractivity contribution is -0.117. The van der Waals surface area contributed by atoms with Gasteiger partial charge in [0, 0.05) is 18.3 Å². The first-order chi connectivity index (χ1) is 10.1. The highest BCUT2D eigenvalue weighted by Crippen LogP contribution is 2.26. The van der Waals surface area contributed by atoms with Gasteiger partial charge in [0.15, 0.2) is 0 Å². The van der Waals surface area contributed by atoms with Gasteiger partial charge < -0.3 is 15.2 Å². The van der Waals surface area contributed by atoms with Crippen molar-refractivity contribution in [2.24, 2.45) is 0 Å². The summed E-state index contributed by atoms with van der Waals surface area (Å²) < 4.78 is 28.2. The molecule has 0 aliphatic heterocycles. The summed E-state index contributed by atoms with van der Waals surface area (Å²) in [4.78, 5) is 13.8. The van der Waals surface area contributed by atoms with E-state index in [1.54, 1.807) is 0 Å². The Balaban J connectivity index is 1.84.